The number of benzene rings is 1. The lowest BCUT2D eigenvalue weighted by Gasteiger charge is -2.17. The molecule has 26 heavy (non-hydrogen) atoms. The number of guanidine groups is 1. The summed E-state index contributed by atoms with van der Waals surface area (Å²) in [6.07, 6.45) is 6.85. The number of ether oxygens (including phenoxy) is 2. The van der Waals surface area contributed by atoms with Gasteiger partial charge in [0.1, 0.15) is 0 Å². The minimum absolute atomic E-state index is 0.536. The van der Waals surface area contributed by atoms with E-state index in [-0.39, 0.29) is 0 Å². The highest BCUT2D eigenvalue weighted by atomic mass is 32.2. The van der Waals surface area contributed by atoms with Gasteiger partial charge in [0.05, 0.1) is 13.2 Å². The van der Waals surface area contributed by atoms with Gasteiger partial charge in [-0.3, -0.25) is 4.99 Å². The van der Waals surface area contributed by atoms with E-state index in [4.69, 9.17) is 9.47 Å². The van der Waals surface area contributed by atoms with Gasteiger partial charge in [-0.15, -0.1) is 0 Å². The highest BCUT2D eigenvalue weighted by molar-refractivity contribution is 7.99. The third-order valence-electron chi connectivity index (χ3n) is 4.60. The number of aliphatic imine (C=N–C) groups is 1. The summed E-state index contributed by atoms with van der Waals surface area (Å²) in [6, 6.07) is 6.71. The molecule has 1 saturated carbocycles. The van der Waals surface area contributed by atoms with Crippen molar-refractivity contribution in [3.63, 3.8) is 0 Å². The number of nitrogens with zero attached hydrogens (tertiary/aromatic N) is 1. The quantitative estimate of drug-likeness (QED) is 0.508. The molecule has 2 atom stereocenters. The normalized spacial score (nSPS) is 20.1. The third kappa shape index (κ3) is 6.31. The van der Waals surface area contributed by atoms with Gasteiger partial charge in [0.25, 0.3) is 0 Å². The molecule has 0 aliphatic heterocycles. The SMILES string of the molecule is CCOc1ccc(CCNC(=NC)NC2CCC(SC)C2)cc1OCC. The van der Waals surface area contributed by atoms with E-state index in [9.17, 15) is 0 Å². The fraction of sp³-hybridized carbons (Fsp3) is 0.650. The van der Waals surface area contributed by atoms with Crippen molar-refractivity contribution in [2.24, 2.45) is 4.99 Å². The molecular formula is C20H33N3O2S. The standard InChI is InChI=1S/C20H33N3O2S/c1-5-24-18-10-7-15(13-19(18)25-6-2)11-12-22-20(21-3)23-16-8-9-17(14-16)26-4/h7,10,13,16-17H,5-6,8-9,11-12,14H2,1-4H3,(H2,21,22,23). The third-order valence-corrected chi connectivity index (χ3v) is 5.69. The molecule has 6 heteroatoms. The second kappa shape index (κ2) is 11.2. The number of nitrogens with one attached hydrogen (secondary N) is 2. The molecule has 5 nitrogen and oxygen atoms in total. The maximum atomic E-state index is 5.70. The summed E-state index contributed by atoms with van der Waals surface area (Å²) in [5.74, 6) is 2.53. The molecule has 0 amide bonds. The zero-order valence-electron chi connectivity index (χ0n) is 16.5. The minimum Gasteiger partial charge on any atom is -0.490 e. The summed E-state index contributed by atoms with van der Waals surface area (Å²) in [6.45, 7) is 6.08. The van der Waals surface area contributed by atoms with Crippen LogP contribution in [0.5, 0.6) is 11.5 Å². The van der Waals surface area contributed by atoms with Crippen molar-refractivity contribution in [2.45, 2.75) is 50.8 Å². The molecule has 2 N–H and O–H groups in total. The van der Waals surface area contributed by atoms with Crippen molar-refractivity contribution >= 4 is 17.7 Å². The fourth-order valence-electron chi connectivity index (χ4n) is 3.25. The van der Waals surface area contributed by atoms with Gasteiger partial charge in [-0.05, 0) is 63.5 Å². The highest BCUT2D eigenvalue weighted by Gasteiger charge is 2.24. The van der Waals surface area contributed by atoms with Crippen LogP contribution in [0.15, 0.2) is 23.2 Å². The topological polar surface area (TPSA) is 54.9 Å². The van der Waals surface area contributed by atoms with Crippen LogP contribution >= 0.6 is 11.8 Å². The summed E-state index contributed by atoms with van der Waals surface area (Å²) in [7, 11) is 1.83. The molecule has 0 heterocycles. The van der Waals surface area contributed by atoms with E-state index in [1.54, 1.807) is 0 Å². The molecule has 1 aliphatic carbocycles. The van der Waals surface area contributed by atoms with Crippen LogP contribution in [-0.4, -0.2) is 50.3 Å². The second-order valence-electron chi connectivity index (χ2n) is 6.41. The Balaban J connectivity index is 1.83. The highest BCUT2D eigenvalue weighted by Crippen LogP contribution is 2.29. The van der Waals surface area contributed by atoms with Gasteiger partial charge < -0.3 is 20.1 Å². The lowest BCUT2D eigenvalue weighted by molar-refractivity contribution is 0.287. The first kappa shape index (κ1) is 20.7. The van der Waals surface area contributed by atoms with Gasteiger partial charge in [-0.1, -0.05) is 6.07 Å². The number of hydrogen-bond acceptors (Lipinski definition) is 4. The van der Waals surface area contributed by atoms with Crippen molar-refractivity contribution in [1.29, 1.82) is 0 Å². The second-order valence-corrected chi connectivity index (χ2v) is 7.55. The monoisotopic (exact) mass is 379 g/mol. The molecule has 1 aromatic rings. The Bertz CT molecular complexity index is 580. The molecule has 0 radical (unpaired) electrons. The lowest BCUT2D eigenvalue weighted by Crippen LogP contribution is -2.43. The van der Waals surface area contributed by atoms with Crippen LogP contribution in [0.4, 0.5) is 0 Å². The van der Waals surface area contributed by atoms with E-state index in [1.807, 2.05) is 38.7 Å². The Morgan fingerprint density at radius 1 is 1.19 bits per heavy atom. The predicted octanol–water partition coefficient (Wildman–Crippen LogP) is 3.48. The number of thioether (sulfide) groups is 1. The van der Waals surface area contributed by atoms with Gasteiger partial charge in [-0.25, -0.2) is 0 Å². The average Bonchev–Trinajstić information content (AvgIpc) is 3.11. The summed E-state index contributed by atoms with van der Waals surface area (Å²) in [4.78, 5) is 4.36. The predicted molar refractivity (Wildman–Crippen MR) is 112 cm³/mol. The molecule has 0 bridgehead atoms. The molecule has 1 aliphatic rings. The molecule has 1 fully saturated rings. The summed E-state index contributed by atoms with van der Waals surface area (Å²) in [5.41, 5.74) is 1.23. The molecule has 1 aromatic carbocycles. The van der Waals surface area contributed by atoms with Crippen LogP contribution in [0.2, 0.25) is 0 Å². The molecular weight excluding hydrogens is 346 g/mol. The fourth-order valence-corrected chi connectivity index (χ4v) is 4.05. The lowest BCUT2D eigenvalue weighted by atomic mass is 10.1. The maximum Gasteiger partial charge on any atom is 0.191 e. The van der Waals surface area contributed by atoms with Gasteiger partial charge >= 0.3 is 0 Å². The van der Waals surface area contributed by atoms with E-state index < -0.39 is 0 Å². The van der Waals surface area contributed by atoms with Crippen LogP contribution in [0.25, 0.3) is 0 Å². The van der Waals surface area contributed by atoms with E-state index in [1.165, 1.54) is 24.8 Å². The zero-order valence-corrected chi connectivity index (χ0v) is 17.3. The van der Waals surface area contributed by atoms with Gasteiger partial charge in [-0.2, -0.15) is 11.8 Å². The van der Waals surface area contributed by atoms with Crippen LogP contribution in [0.1, 0.15) is 38.7 Å². The minimum atomic E-state index is 0.536. The van der Waals surface area contributed by atoms with E-state index in [0.29, 0.717) is 19.3 Å². The smallest absolute Gasteiger partial charge is 0.191 e. The van der Waals surface area contributed by atoms with Gasteiger partial charge in [0, 0.05) is 24.9 Å². The molecule has 0 saturated heterocycles. The first-order valence-electron chi connectivity index (χ1n) is 9.58. The first-order valence-corrected chi connectivity index (χ1v) is 10.9. The Morgan fingerprint density at radius 3 is 2.62 bits per heavy atom. The van der Waals surface area contributed by atoms with Gasteiger partial charge in [0.2, 0.25) is 0 Å². The molecule has 0 spiro atoms. The molecule has 2 unspecified atom stereocenters. The van der Waals surface area contributed by atoms with E-state index in [2.05, 4.69) is 34.0 Å². The van der Waals surface area contributed by atoms with Crippen LogP contribution in [0.3, 0.4) is 0 Å². The van der Waals surface area contributed by atoms with Gasteiger partial charge in [0.15, 0.2) is 17.5 Å². The van der Waals surface area contributed by atoms with Crippen molar-refractivity contribution in [3.05, 3.63) is 23.8 Å². The number of hydrogen-bond donors (Lipinski definition) is 2. The van der Waals surface area contributed by atoms with E-state index in [0.717, 1.165) is 35.7 Å². The van der Waals surface area contributed by atoms with Crippen LogP contribution < -0.4 is 20.1 Å². The summed E-state index contributed by atoms with van der Waals surface area (Å²) in [5, 5.41) is 7.77. The Morgan fingerprint density at radius 2 is 1.96 bits per heavy atom. The Kier molecular flexibility index (Phi) is 8.95. The Hall–Kier alpha value is -1.56. The number of rotatable bonds is 9. The van der Waals surface area contributed by atoms with Crippen molar-refractivity contribution < 1.29 is 9.47 Å². The summed E-state index contributed by atoms with van der Waals surface area (Å²) < 4.78 is 11.3. The van der Waals surface area contributed by atoms with Crippen molar-refractivity contribution in [3.8, 4) is 11.5 Å². The van der Waals surface area contributed by atoms with Crippen molar-refractivity contribution in [1.82, 2.24) is 10.6 Å². The maximum absolute atomic E-state index is 5.70. The average molecular weight is 380 g/mol. The summed E-state index contributed by atoms with van der Waals surface area (Å²) >= 11 is 1.97. The van der Waals surface area contributed by atoms with Crippen LogP contribution in [0, 0.1) is 0 Å². The van der Waals surface area contributed by atoms with E-state index >= 15 is 0 Å². The molecule has 0 aromatic heterocycles. The van der Waals surface area contributed by atoms with Crippen molar-refractivity contribution in [2.75, 3.05) is 33.1 Å². The molecule has 146 valence electrons. The zero-order chi connectivity index (χ0) is 18.8. The van der Waals surface area contributed by atoms with Crippen LogP contribution in [-0.2, 0) is 6.42 Å². The largest absolute Gasteiger partial charge is 0.490 e. The Labute approximate surface area is 162 Å². The first-order chi connectivity index (χ1) is 12.7. The molecule has 2 rings (SSSR count).